The van der Waals surface area contributed by atoms with Crippen molar-refractivity contribution < 1.29 is 9.53 Å². The zero-order chi connectivity index (χ0) is 20.2. The van der Waals surface area contributed by atoms with Gasteiger partial charge in [-0.3, -0.25) is 14.2 Å². The van der Waals surface area contributed by atoms with Crippen LogP contribution in [0.4, 0.5) is 5.13 Å². The Kier molecular flexibility index (Phi) is 5.35. The van der Waals surface area contributed by atoms with Gasteiger partial charge in [0, 0.05) is 10.9 Å². The van der Waals surface area contributed by atoms with Gasteiger partial charge in [-0.1, -0.05) is 24.3 Å². The Hall–Kier alpha value is -3.52. The molecular formula is C21H18N4O3S. The first kappa shape index (κ1) is 18.8. The van der Waals surface area contributed by atoms with Gasteiger partial charge in [-0.2, -0.15) is 0 Å². The minimum absolute atomic E-state index is 0.138. The van der Waals surface area contributed by atoms with E-state index in [1.165, 1.54) is 22.2 Å². The molecule has 0 aliphatic carbocycles. The van der Waals surface area contributed by atoms with Crippen molar-refractivity contribution in [1.82, 2.24) is 14.5 Å². The highest BCUT2D eigenvalue weighted by Gasteiger charge is 2.13. The molecule has 1 N–H and O–H groups in total. The summed E-state index contributed by atoms with van der Waals surface area (Å²) in [6.07, 6.45) is 1.38. The maximum atomic E-state index is 12.5. The number of nitrogens with one attached hydrogen (secondary N) is 1. The summed E-state index contributed by atoms with van der Waals surface area (Å²) in [6, 6.07) is 14.7. The van der Waals surface area contributed by atoms with Crippen LogP contribution in [0.15, 0.2) is 65.0 Å². The maximum absolute atomic E-state index is 12.5. The third kappa shape index (κ3) is 4.02. The molecular weight excluding hydrogens is 388 g/mol. The highest BCUT2D eigenvalue weighted by molar-refractivity contribution is 7.14. The lowest BCUT2D eigenvalue weighted by molar-refractivity contribution is -0.116. The predicted molar refractivity (Wildman–Crippen MR) is 113 cm³/mol. The quantitative estimate of drug-likeness (QED) is 0.529. The van der Waals surface area contributed by atoms with E-state index >= 15 is 0 Å². The van der Waals surface area contributed by atoms with Crippen LogP contribution in [0.1, 0.15) is 6.92 Å². The fraction of sp³-hybridized carbons (Fsp3) is 0.143. The molecule has 0 atom stereocenters. The number of carbonyl (C=O) groups is 1. The van der Waals surface area contributed by atoms with E-state index in [4.69, 9.17) is 4.74 Å². The Labute approximate surface area is 170 Å². The van der Waals surface area contributed by atoms with Gasteiger partial charge >= 0.3 is 0 Å². The van der Waals surface area contributed by atoms with Crippen molar-refractivity contribution in [3.05, 3.63) is 70.6 Å². The molecule has 29 heavy (non-hydrogen) atoms. The highest BCUT2D eigenvalue weighted by Crippen LogP contribution is 2.32. The van der Waals surface area contributed by atoms with E-state index in [2.05, 4.69) is 15.3 Å². The molecule has 0 unspecified atom stereocenters. The summed E-state index contributed by atoms with van der Waals surface area (Å²) in [5.74, 6) is 0.398. The number of aromatic nitrogens is 3. The lowest BCUT2D eigenvalue weighted by Crippen LogP contribution is -2.27. The lowest BCUT2D eigenvalue weighted by atomic mass is 10.1. The molecule has 0 spiro atoms. The molecule has 7 nitrogen and oxygen atoms in total. The monoisotopic (exact) mass is 406 g/mol. The van der Waals surface area contributed by atoms with Gasteiger partial charge in [0.2, 0.25) is 5.91 Å². The largest absolute Gasteiger partial charge is 0.493 e. The van der Waals surface area contributed by atoms with Crippen molar-refractivity contribution in [3.63, 3.8) is 0 Å². The number of ether oxygens (including phenoxy) is 1. The summed E-state index contributed by atoms with van der Waals surface area (Å²) in [7, 11) is 0. The molecule has 0 aliphatic rings. The van der Waals surface area contributed by atoms with Gasteiger partial charge in [0.1, 0.15) is 12.3 Å². The van der Waals surface area contributed by atoms with Gasteiger partial charge in [-0.15, -0.1) is 11.3 Å². The lowest BCUT2D eigenvalue weighted by Gasteiger charge is -2.08. The number of fused-ring (bicyclic) bond motifs is 1. The Morgan fingerprint density at radius 2 is 1.97 bits per heavy atom. The number of rotatable bonds is 6. The maximum Gasteiger partial charge on any atom is 0.261 e. The van der Waals surface area contributed by atoms with Crippen LogP contribution in [-0.4, -0.2) is 27.0 Å². The summed E-state index contributed by atoms with van der Waals surface area (Å²) in [5, 5.41) is 5.54. The average molecular weight is 406 g/mol. The van der Waals surface area contributed by atoms with Crippen LogP contribution in [0, 0.1) is 0 Å². The normalized spacial score (nSPS) is 10.8. The molecule has 0 saturated heterocycles. The van der Waals surface area contributed by atoms with Crippen LogP contribution in [0.3, 0.4) is 0 Å². The SMILES string of the molecule is CCOc1ccccc1-c1csc(NC(=O)Cn2cnc3ccccc3c2=O)n1. The molecule has 1 amide bonds. The molecule has 2 aromatic carbocycles. The number of hydrogen-bond acceptors (Lipinski definition) is 6. The number of thiazole rings is 1. The molecule has 4 rings (SSSR count). The zero-order valence-electron chi connectivity index (χ0n) is 15.7. The van der Waals surface area contributed by atoms with E-state index in [9.17, 15) is 9.59 Å². The Morgan fingerprint density at radius 1 is 1.17 bits per heavy atom. The van der Waals surface area contributed by atoms with Crippen molar-refractivity contribution in [3.8, 4) is 17.0 Å². The third-order valence-electron chi connectivity index (χ3n) is 4.26. The molecule has 4 aromatic rings. The van der Waals surface area contributed by atoms with Crippen LogP contribution in [0.2, 0.25) is 0 Å². The van der Waals surface area contributed by atoms with Gasteiger partial charge in [0.15, 0.2) is 5.13 Å². The van der Waals surface area contributed by atoms with E-state index in [1.54, 1.807) is 18.2 Å². The fourth-order valence-corrected chi connectivity index (χ4v) is 3.67. The minimum Gasteiger partial charge on any atom is -0.493 e. The average Bonchev–Trinajstić information content (AvgIpc) is 3.19. The van der Waals surface area contributed by atoms with Crippen molar-refractivity contribution in [2.75, 3.05) is 11.9 Å². The first-order valence-corrected chi connectivity index (χ1v) is 9.95. The second-order valence-electron chi connectivity index (χ2n) is 6.21. The fourth-order valence-electron chi connectivity index (χ4n) is 2.95. The Balaban J connectivity index is 1.51. The number of nitrogens with zero attached hydrogens (tertiary/aromatic N) is 3. The van der Waals surface area contributed by atoms with Crippen molar-refractivity contribution >= 4 is 33.3 Å². The van der Waals surface area contributed by atoms with Crippen LogP contribution < -0.4 is 15.6 Å². The summed E-state index contributed by atoms with van der Waals surface area (Å²) in [4.78, 5) is 33.7. The first-order chi connectivity index (χ1) is 14.2. The molecule has 0 radical (unpaired) electrons. The number of hydrogen-bond donors (Lipinski definition) is 1. The number of anilines is 1. The molecule has 0 saturated carbocycles. The van der Waals surface area contributed by atoms with Crippen LogP contribution >= 0.6 is 11.3 Å². The molecule has 0 aliphatic heterocycles. The van der Waals surface area contributed by atoms with E-state index in [-0.39, 0.29) is 18.0 Å². The summed E-state index contributed by atoms with van der Waals surface area (Å²) < 4.78 is 6.93. The topological polar surface area (TPSA) is 86.1 Å². The molecule has 0 fully saturated rings. The van der Waals surface area contributed by atoms with Gasteiger partial charge in [0.05, 0.1) is 29.5 Å². The second kappa shape index (κ2) is 8.24. The third-order valence-corrected chi connectivity index (χ3v) is 5.02. The molecule has 8 heteroatoms. The summed E-state index contributed by atoms with van der Waals surface area (Å²) in [6.45, 7) is 2.34. The molecule has 0 bridgehead atoms. The van der Waals surface area contributed by atoms with Gasteiger partial charge in [-0.05, 0) is 31.2 Å². The standard InChI is InChI=1S/C21H18N4O3S/c1-2-28-18-10-6-4-7-14(18)17-12-29-21(23-17)24-19(26)11-25-13-22-16-9-5-3-8-15(16)20(25)27/h3-10,12-13H,2,11H2,1H3,(H,23,24,26). The Bertz CT molecular complexity index is 1230. The van der Waals surface area contributed by atoms with E-state index in [0.29, 0.717) is 22.6 Å². The number of amides is 1. The van der Waals surface area contributed by atoms with Gasteiger partial charge in [-0.25, -0.2) is 9.97 Å². The smallest absolute Gasteiger partial charge is 0.261 e. The van der Waals surface area contributed by atoms with Crippen molar-refractivity contribution in [2.45, 2.75) is 13.5 Å². The van der Waals surface area contributed by atoms with E-state index < -0.39 is 0 Å². The number of benzene rings is 2. The molecule has 146 valence electrons. The van der Waals surface area contributed by atoms with E-state index in [1.807, 2.05) is 42.6 Å². The van der Waals surface area contributed by atoms with Crippen molar-refractivity contribution in [1.29, 1.82) is 0 Å². The van der Waals surface area contributed by atoms with Crippen LogP contribution in [-0.2, 0) is 11.3 Å². The van der Waals surface area contributed by atoms with Crippen LogP contribution in [0.5, 0.6) is 5.75 Å². The van der Waals surface area contributed by atoms with Gasteiger partial charge in [0.25, 0.3) is 5.56 Å². The summed E-state index contributed by atoms with van der Waals surface area (Å²) in [5.41, 5.74) is 1.93. The van der Waals surface area contributed by atoms with Crippen molar-refractivity contribution in [2.24, 2.45) is 0 Å². The minimum atomic E-state index is -0.344. The predicted octanol–water partition coefficient (Wildman–Crippen LogP) is 3.56. The van der Waals surface area contributed by atoms with Gasteiger partial charge < -0.3 is 10.1 Å². The zero-order valence-corrected chi connectivity index (χ0v) is 16.5. The second-order valence-corrected chi connectivity index (χ2v) is 7.07. The highest BCUT2D eigenvalue weighted by atomic mass is 32.1. The van der Waals surface area contributed by atoms with Crippen LogP contribution in [0.25, 0.3) is 22.2 Å². The molecule has 2 heterocycles. The number of para-hydroxylation sites is 2. The summed E-state index contributed by atoms with van der Waals surface area (Å²) >= 11 is 1.32. The molecule has 2 aromatic heterocycles. The van der Waals surface area contributed by atoms with E-state index in [0.717, 1.165) is 17.0 Å². The Morgan fingerprint density at radius 3 is 2.83 bits per heavy atom. The first-order valence-electron chi connectivity index (χ1n) is 9.07. The number of carbonyl (C=O) groups excluding carboxylic acids is 1.